The molecule has 148 valence electrons. The number of aromatic nitrogens is 3. The second-order valence-electron chi connectivity index (χ2n) is 7.09. The van der Waals surface area contributed by atoms with Crippen molar-refractivity contribution >= 4 is 11.8 Å². The molecule has 1 atom stereocenters. The highest BCUT2D eigenvalue weighted by atomic mass is 16.5. The highest BCUT2D eigenvalue weighted by Crippen LogP contribution is 2.20. The number of likely N-dealkylation sites (tertiary alicyclic amines) is 1. The third-order valence-electron chi connectivity index (χ3n) is 4.88. The predicted octanol–water partition coefficient (Wildman–Crippen LogP) is 1.59. The van der Waals surface area contributed by atoms with E-state index in [1.165, 1.54) is 0 Å². The van der Waals surface area contributed by atoms with Gasteiger partial charge in [-0.1, -0.05) is 11.1 Å². The zero-order valence-electron chi connectivity index (χ0n) is 16.7. The van der Waals surface area contributed by atoms with Gasteiger partial charge in [-0.15, -0.1) is 0 Å². The molecule has 28 heavy (non-hydrogen) atoms. The molecular weight excluding hydrogens is 358 g/mol. The van der Waals surface area contributed by atoms with E-state index in [1.807, 2.05) is 24.6 Å². The normalized spacial score (nSPS) is 16.4. The summed E-state index contributed by atoms with van der Waals surface area (Å²) in [6, 6.07) is 1.88. The van der Waals surface area contributed by atoms with Crippen LogP contribution in [-0.4, -0.2) is 50.8 Å². The molecule has 3 rings (SSSR count). The third kappa shape index (κ3) is 4.25. The first-order valence-corrected chi connectivity index (χ1v) is 9.37. The number of nitrogens with one attached hydrogen (secondary N) is 1. The zero-order valence-corrected chi connectivity index (χ0v) is 16.7. The van der Waals surface area contributed by atoms with Crippen LogP contribution in [0.15, 0.2) is 10.6 Å². The lowest BCUT2D eigenvalue weighted by Gasteiger charge is -2.32. The van der Waals surface area contributed by atoms with E-state index >= 15 is 0 Å². The van der Waals surface area contributed by atoms with E-state index in [2.05, 4.69) is 27.4 Å². The van der Waals surface area contributed by atoms with Gasteiger partial charge >= 0.3 is 0 Å². The minimum absolute atomic E-state index is 0.112. The first kappa shape index (κ1) is 19.7. The molecule has 0 aliphatic carbocycles. The Hall–Kier alpha value is -3.08. The largest absolute Gasteiger partial charge is 0.361 e. The van der Waals surface area contributed by atoms with Gasteiger partial charge in [-0.3, -0.25) is 14.3 Å². The van der Waals surface area contributed by atoms with Gasteiger partial charge in [-0.05, 0) is 52.5 Å². The fourth-order valence-corrected chi connectivity index (χ4v) is 3.49. The van der Waals surface area contributed by atoms with Gasteiger partial charge in [0.1, 0.15) is 5.76 Å². The fourth-order valence-electron chi connectivity index (χ4n) is 3.49. The van der Waals surface area contributed by atoms with Gasteiger partial charge in [0, 0.05) is 30.4 Å². The molecule has 1 N–H and O–H groups in total. The Bertz CT molecular complexity index is 947. The van der Waals surface area contributed by atoms with Crippen molar-refractivity contribution in [2.24, 2.45) is 0 Å². The van der Waals surface area contributed by atoms with Crippen molar-refractivity contribution in [3.63, 3.8) is 0 Å². The van der Waals surface area contributed by atoms with Crippen LogP contribution in [0.4, 0.5) is 0 Å². The molecule has 2 aromatic rings. The number of nitrogens with zero attached hydrogens (tertiary/aromatic N) is 4. The Kier molecular flexibility index (Phi) is 5.83. The summed E-state index contributed by atoms with van der Waals surface area (Å²) in [5.74, 6) is 5.16. The summed E-state index contributed by atoms with van der Waals surface area (Å²) in [6.45, 7) is 8.80. The topological polar surface area (TPSA) is 93.3 Å². The Morgan fingerprint density at radius 2 is 2.14 bits per heavy atom. The van der Waals surface area contributed by atoms with Gasteiger partial charge in [0.15, 0.2) is 5.69 Å². The zero-order chi connectivity index (χ0) is 20.3. The Balaban J connectivity index is 1.76. The van der Waals surface area contributed by atoms with E-state index < -0.39 is 0 Å². The fraction of sp³-hybridized carbons (Fsp3) is 0.500. The van der Waals surface area contributed by atoms with Crippen molar-refractivity contribution in [1.82, 2.24) is 25.2 Å². The standard InChI is InChI=1S/C20H25N5O3/c1-5-7-18(26)21-16-8-6-9-24(11-16)20(27)19-17(15(4)28-23-19)12-25-14(3)10-13(2)22-25/h10,16H,6,8-9,11-12H2,1-4H3,(H,21,26). The molecule has 0 bridgehead atoms. The molecule has 1 aliphatic rings. The summed E-state index contributed by atoms with van der Waals surface area (Å²) >= 11 is 0. The lowest BCUT2D eigenvalue weighted by atomic mass is 10.0. The maximum absolute atomic E-state index is 13.1. The van der Waals surface area contributed by atoms with Gasteiger partial charge < -0.3 is 14.7 Å². The number of carbonyl (C=O) groups excluding carboxylic acids is 2. The number of amides is 2. The van der Waals surface area contributed by atoms with Crippen molar-refractivity contribution in [3.8, 4) is 11.8 Å². The molecule has 1 saturated heterocycles. The number of piperidine rings is 1. The SMILES string of the molecule is CC#CC(=O)NC1CCCN(C(=O)c2noc(C)c2Cn2nc(C)cc2C)C1. The average molecular weight is 383 g/mol. The van der Waals surface area contributed by atoms with Gasteiger partial charge in [0.05, 0.1) is 12.2 Å². The molecule has 0 saturated carbocycles. The van der Waals surface area contributed by atoms with Crippen LogP contribution in [0.25, 0.3) is 0 Å². The second kappa shape index (κ2) is 8.30. The van der Waals surface area contributed by atoms with Crippen molar-refractivity contribution in [2.75, 3.05) is 13.1 Å². The average Bonchev–Trinajstić information content (AvgIpc) is 3.17. The summed E-state index contributed by atoms with van der Waals surface area (Å²) in [7, 11) is 0. The molecule has 1 fully saturated rings. The molecule has 0 radical (unpaired) electrons. The van der Waals surface area contributed by atoms with Gasteiger partial charge in [0.2, 0.25) is 0 Å². The quantitative estimate of drug-likeness (QED) is 0.810. The number of rotatable bonds is 4. The van der Waals surface area contributed by atoms with Crippen LogP contribution in [0.2, 0.25) is 0 Å². The first-order valence-electron chi connectivity index (χ1n) is 9.37. The minimum atomic E-state index is -0.315. The van der Waals surface area contributed by atoms with Crippen molar-refractivity contribution in [3.05, 3.63) is 34.5 Å². The van der Waals surface area contributed by atoms with Crippen molar-refractivity contribution in [1.29, 1.82) is 0 Å². The lowest BCUT2D eigenvalue weighted by molar-refractivity contribution is -0.116. The number of hydrogen-bond donors (Lipinski definition) is 1. The van der Waals surface area contributed by atoms with E-state index in [0.717, 1.165) is 29.8 Å². The molecular formula is C20H25N5O3. The Morgan fingerprint density at radius 3 is 2.82 bits per heavy atom. The molecule has 0 aromatic carbocycles. The third-order valence-corrected chi connectivity index (χ3v) is 4.88. The number of carbonyl (C=O) groups is 2. The molecule has 8 heteroatoms. The van der Waals surface area contributed by atoms with Gasteiger partial charge in [-0.25, -0.2) is 0 Å². The molecule has 0 spiro atoms. The van der Waals surface area contributed by atoms with E-state index in [4.69, 9.17) is 4.52 Å². The summed E-state index contributed by atoms with van der Waals surface area (Å²) in [4.78, 5) is 26.5. The summed E-state index contributed by atoms with van der Waals surface area (Å²) in [6.07, 6.45) is 1.62. The van der Waals surface area contributed by atoms with E-state index in [-0.39, 0.29) is 17.9 Å². The Morgan fingerprint density at radius 1 is 1.36 bits per heavy atom. The summed E-state index contributed by atoms with van der Waals surface area (Å²) in [5.41, 5.74) is 2.98. The van der Waals surface area contributed by atoms with Crippen LogP contribution in [-0.2, 0) is 11.3 Å². The monoisotopic (exact) mass is 383 g/mol. The van der Waals surface area contributed by atoms with Crippen LogP contribution < -0.4 is 5.32 Å². The van der Waals surface area contributed by atoms with Crippen LogP contribution >= 0.6 is 0 Å². The predicted molar refractivity (Wildman–Crippen MR) is 103 cm³/mol. The molecule has 1 aliphatic heterocycles. The van der Waals surface area contributed by atoms with Crippen LogP contribution in [0, 0.1) is 32.6 Å². The van der Waals surface area contributed by atoms with Crippen LogP contribution in [0.5, 0.6) is 0 Å². The molecule has 2 amide bonds. The van der Waals surface area contributed by atoms with Gasteiger partial charge in [0.25, 0.3) is 11.8 Å². The second-order valence-corrected chi connectivity index (χ2v) is 7.09. The maximum atomic E-state index is 13.1. The minimum Gasteiger partial charge on any atom is -0.361 e. The molecule has 2 aromatic heterocycles. The molecule has 1 unspecified atom stereocenters. The number of aryl methyl sites for hydroxylation is 3. The number of hydrogen-bond acceptors (Lipinski definition) is 5. The first-order chi connectivity index (χ1) is 13.4. The lowest BCUT2D eigenvalue weighted by Crippen LogP contribution is -2.49. The van der Waals surface area contributed by atoms with Gasteiger partial charge in [-0.2, -0.15) is 5.10 Å². The van der Waals surface area contributed by atoms with E-state index in [1.54, 1.807) is 18.7 Å². The van der Waals surface area contributed by atoms with Crippen molar-refractivity contribution in [2.45, 2.75) is 53.1 Å². The maximum Gasteiger partial charge on any atom is 0.296 e. The van der Waals surface area contributed by atoms with E-state index in [9.17, 15) is 9.59 Å². The van der Waals surface area contributed by atoms with E-state index in [0.29, 0.717) is 31.1 Å². The smallest absolute Gasteiger partial charge is 0.296 e. The van der Waals surface area contributed by atoms with Crippen LogP contribution in [0.1, 0.15) is 53.0 Å². The summed E-state index contributed by atoms with van der Waals surface area (Å²) in [5, 5.41) is 11.3. The highest BCUT2D eigenvalue weighted by Gasteiger charge is 2.29. The molecule has 8 nitrogen and oxygen atoms in total. The highest BCUT2D eigenvalue weighted by molar-refractivity contribution is 5.95. The van der Waals surface area contributed by atoms with Crippen molar-refractivity contribution < 1.29 is 14.1 Å². The Labute approximate surface area is 164 Å². The van der Waals surface area contributed by atoms with Crippen LogP contribution in [0.3, 0.4) is 0 Å². The molecule has 3 heterocycles. The summed E-state index contributed by atoms with van der Waals surface area (Å²) < 4.78 is 7.16.